The molecule has 132 valence electrons. The topological polar surface area (TPSA) is 98.2 Å². The highest BCUT2D eigenvalue weighted by Gasteiger charge is 2.19. The van der Waals surface area contributed by atoms with Crippen LogP contribution in [0.15, 0.2) is 78.9 Å². The largest absolute Gasteiger partial charge is 0.381 e. The molecule has 0 bridgehead atoms. The van der Waals surface area contributed by atoms with Crippen molar-refractivity contribution >= 4 is 39.7 Å². The van der Waals surface area contributed by atoms with E-state index in [9.17, 15) is 10.1 Å². The molecule has 0 fully saturated rings. The Bertz CT molecular complexity index is 1080. The smallest absolute Gasteiger partial charge is 0.271 e. The minimum absolute atomic E-state index is 0.0491. The maximum absolute atomic E-state index is 11.0. The Morgan fingerprint density at radius 1 is 0.815 bits per heavy atom. The minimum Gasteiger partial charge on any atom is -0.381 e. The van der Waals surface area contributed by atoms with Gasteiger partial charge in [0.2, 0.25) is 0 Å². The van der Waals surface area contributed by atoms with Gasteiger partial charge < -0.3 is 5.73 Å². The van der Waals surface area contributed by atoms with E-state index in [1.54, 1.807) is 6.07 Å². The molecule has 1 heterocycles. The molecule has 0 aliphatic heterocycles. The number of nitro benzene ring substituents is 1. The quantitative estimate of drug-likeness (QED) is 0.424. The Labute approximate surface area is 154 Å². The molecule has 0 saturated carbocycles. The molecule has 0 radical (unpaired) electrons. The average Bonchev–Trinajstić information content (AvgIpc) is 2.70. The molecule has 27 heavy (non-hydrogen) atoms. The number of para-hydroxylation sites is 2. The van der Waals surface area contributed by atoms with Crippen molar-refractivity contribution in [1.82, 2.24) is 9.97 Å². The van der Waals surface area contributed by atoms with E-state index in [-0.39, 0.29) is 11.5 Å². The summed E-state index contributed by atoms with van der Waals surface area (Å²) in [6.07, 6.45) is 0. The van der Waals surface area contributed by atoms with Crippen LogP contribution in [-0.4, -0.2) is 14.9 Å². The molecule has 0 spiro atoms. The van der Waals surface area contributed by atoms with Crippen LogP contribution in [0.25, 0.3) is 11.0 Å². The van der Waals surface area contributed by atoms with E-state index in [1.807, 2.05) is 65.6 Å². The van der Waals surface area contributed by atoms with Crippen molar-refractivity contribution in [2.75, 3.05) is 10.6 Å². The summed E-state index contributed by atoms with van der Waals surface area (Å²) < 4.78 is 0. The lowest BCUT2D eigenvalue weighted by Gasteiger charge is -2.25. The zero-order valence-corrected chi connectivity index (χ0v) is 14.2. The van der Waals surface area contributed by atoms with Crippen LogP contribution in [0.1, 0.15) is 0 Å². The summed E-state index contributed by atoms with van der Waals surface area (Å²) in [4.78, 5) is 21.4. The number of fused-ring (bicyclic) bond motifs is 1. The van der Waals surface area contributed by atoms with Crippen molar-refractivity contribution in [3.63, 3.8) is 0 Å². The molecule has 0 unspecified atom stereocenters. The number of nitrogens with two attached hydrogens (primary N) is 1. The second-order valence-corrected chi connectivity index (χ2v) is 5.87. The number of nitro groups is 1. The van der Waals surface area contributed by atoms with Gasteiger partial charge in [0.25, 0.3) is 5.69 Å². The SMILES string of the molecule is Nc1nc2cc([N+](=O)[O-])ccc2nc1N(c1ccccc1)c1ccccc1. The van der Waals surface area contributed by atoms with E-state index < -0.39 is 4.92 Å². The van der Waals surface area contributed by atoms with Gasteiger partial charge >= 0.3 is 0 Å². The monoisotopic (exact) mass is 357 g/mol. The van der Waals surface area contributed by atoms with Crippen LogP contribution >= 0.6 is 0 Å². The minimum atomic E-state index is -0.467. The Kier molecular flexibility index (Phi) is 4.10. The molecule has 7 nitrogen and oxygen atoms in total. The van der Waals surface area contributed by atoms with Gasteiger partial charge in [-0.05, 0) is 30.3 Å². The second-order valence-electron chi connectivity index (χ2n) is 5.87. The first-order valence-electron chi connectivity index (χ1n) is 8.25. The van der Waals surface area contributed by atoms with E-state index in [0.717, 1.165) is 11.4 Å². The third-order valence-corrected chi connectivity index (χ3v) is 4.11. The van der Waals surface area contributed by atoms with E-state index in [0.29, 0.717) is 16.9 Å². The molecule has 4 aromatic rings. The molecule has 0 aliphatic carbocycles. The molecule has 0 atom stereocenters. The summed E-state index contributed by atoms with van der Waals surface area (Å²) in [5, 5.41) is 11.0. The fourth-order valence-electron chi connectivity index (χ4n) is 2.87. The molecule has 0 saturated heterocycles. The number of benzene rings is 3. The van der Waals surface area contributed by atoms with Gasteiger partial charge in [0.15, 0.2) is 11.6 Å². The number of aromatic nitrogens is 2. The van der Waals surface area contributed by atoms with E-state index in [2.05, 4.69) is 9.97 Å². The van der Waals surface area contributed by atoms with Gasteiger partial charge in [0.1, 0.15) is 0 Å². The normalized spacial score (nSPS) is 10.7. The van der Waals surface area contributed by atoms with Gasteiger partial charge in [-0.25, -0.2) is 9.97 Å². The third-order valence-electron chi connectivity index (χ3n) is 4.11. The number of nitrogens with zero attached hydrogens (tertiary/aromatic N) is 4. The zero-order valence-electron chi connectivity index (χ0n) is 14.2. The molecular formula is C20H15N5O2. The molecule has 4 rings (SSSR count). The lowest BCUT2D eigenvalue weighted by Crippen LogP contribution is -2.14. The van der Waals surface area contributed by atoms with Gasteiger partial charge in [0.05, 0.1) is 16.0 Å². The number of nitrogen functional groups attached to an aromatic ring is 1. The zero-order chi connectivity index (χ0) is 18.8. The van der Waals surface area contributed by atoms with Gasteiger partial charge in [-0.1, -0.05) is 36.4 Å². The van der Waals surface area contributed by atoms with Gasteiger partial charge in [-0.2, -0.15) is 0 Å². The van der Waals surface area contributed by atoms with Gasteiger partial charge in [-0.15, -0.1) is 0 Å². The van der Waals surface area contributed by atoms with Crippen LogP contribution < -0.4 is 10.6 Å². The lowest BCUT2D eigenvalue weighted by molar-refractivity contribution is -0.384. The van der Waals surface area contributed by atoms with Crippen molar-refractivity contribution in [3.8, 4) is 0 Å². The van der Waals surface area contributed by atoms with E-state index in [1.165, 1.54) is 12.1 Å². The molecule has 0 amide bonds. The first-order valence-corrected chi connectivity index (χ1v) is 8.25. The van der Waals surface area contributed by atoms with Crippen molar-refractivity contribution in [2.45, 2.75) is 0 Å². The summed E-state index contributed by atoms with van der Waals surface area (Å²) in [6.45, 7) is 0. The Morgan fingerprint density at radius 2 is 1.41 bits per heavy atom. The van der Waals surface area contributed by atoms with E-state index >= 15 is 0 Å². The number of anilines is 4. The fraction of sp³-hybridized carbons (Fsp3) is 0. The van der Waals surface area contributed by atoms with Gasteiger partial charge in [-0.3, -0.25) is 15.0 Å². The standard InChI is InChI=1S/C20H15N5O2/c21-19-20(23-17-12-11-16(25(26)27)13-18(17)22-19)24(14-7-3-1-4-8-14)15-9-5-2-6-10-15/h1-13H,(H2,21,22). The number of rotatable bonds is 4. The Morgan fingerprint density at radius 3 is 1.96 bits per heavy atom. The maximum atomic E-state index is 11.0. The maximum Gasteiger partial charge on any atom is 0.271 e. The third kappa shape index (κ3) is 3.13. The molecular weight excluding hydrogens is 342 g/mol. The van der Waals surface area contributed by atoms with Crippen molar-refractivity contribution in [1.29, 1.82) is 0 Å². The second kappa shape index (κ2) is 6.72. The summed E-state index contributed by atoms with van der Waals surface area (Å²) in [5.74, 6) is 0.657. The highest BCUT2D eigenvalue weighted by molar-refractivity contribution is 5.86. The Balaban J connectivity index is 1.92. The molecule has 0 aliphatic rings. The van der Waals surface area contributed by atoms with Crippen LogP contribution in [0.3, 0.4) is 0 Å². The van der Waals surface area contributed by atoms with Crippen LogP contribution in [0.5, 0.6) is 0 Å². The highest BCUT2D eigenvalue weighted by atomic mass is 16.6. The van der Waals surface area contributed by atoms with Crippen LogP contribution in [0.2, 0.25) is 0 Å². The van der Waals surface area contributed by atoms with Crippen molar-refractivity contribution in [2.24, 2.45) is 0 Å². The van der Waals surface area contributed by atoms with Crippen molar-refractivity contribution in [3.05, 3.63) is 89.0 Å². The van der Waals surface area contributed by atoms with Crippen molar-refractivity contribution < 1.29 is 4.92 Å². The first kappa shape index (κ1) is 16.5. The summed E-state index contributed by atoms with van der Waals surface area (Å²) in [5.41, 5.74) is 8.83. The molecule has 3 aromatic carbocycles. The Hall–Kier alpha value is -4.00. The lowest BCUT2D eigenvalue weighted by atomic mass is 10.2. The number of hydrogen-bond acceptors (Lipinski definition) is 6. The number of hydrogen-bond donors (Lipinski definition) is 1. The average molecular weight is 357 g/mol. The van der Waals surface area contributed by atoms with Crippen LogP contribution in [-0.2, 0) is 0 Å². The first-order chi connectivity index (χ1) is 13.1. The van der Waals surface area contributed by atoms with Gasteiger partial charge in [0, 0.05) is 23.5 Å². The summed E-state index contributed by atoms with van der Waals surface area (Å²) in [6, 6.07) is 23.8. The molecule has 1 aromatic heterocycles. The molecule has 7 heteroatoms. The van der Waals surface area contributed by atoms with E-state index in [4.69, 9.17) is 5.73 Å². The molecule has 2 N–H and O–H groups in total. The predicted molar refractivity (Wildman–Crippen MR) is 105 cm³/mol. The van der Waals surface area contributed by atoms with Crippen LogP contribution in [0.4, 0.5) is 28.7 Å². The summed E-state index contributed by atoms with van der Waals surface area (Å²) >= 11 is 0. The number of non-ortho nitro benzene ring substituents is 1. The van der Waals surface area contributed by atoms with Crippen LogP contribution in [0, 0.1) is 10.1 Å². The fourth-order valence-corrected chi connectivity index (χ4v) is 2.87. The summed E-state index contributed by atoms with van der Waals surface area (Å²) in [7, 11) is 0. The highest BCUT2D eigenvalue weighted by Crippen LogP contribution is 2.36. The predicted octanol–water partition coefficient (Wildman–Crippen LogP) is 4.59.